The van der Waals surface area contributed by atoms with Gasteiger partial charge in [0.25, 0.3) is 0 Å². The Bertz CT molecular complexity index is 476. The molecule has 1 aromatic carbocycles. The van der Waals surface area contributed by atoms with Crippen LogP contribution in [0.2, 0.25) is 5.02 Å². The summed E-state index contributed by atoms with van der Waals surface area (Å²) in [5.74, 6) is 1.12. The van der Waals surface area contributed by atoms with Crippen molar-refractivity contribution in [2.45, 2.75) is 6.61 Å². The maximum Gasteiger partial charge on any atom is 0.200 e. The third-order valence-electron chi connectivity index (χ3n) is 2.17. The molecule has 0 aliphatic heterocycles. The molecule has 0 aliphatic rings. The van der Waals surface area contributed by atoms with E-state index in [1.165, 1.54) is 0 Å². The predicted molar refractivity (Wildman–Crippen MR) is 63.4 cm³/mol. The molecule has 0 radical (unpaired) electrons. The van der Waals surface area contributed by atoms with E-state index in [1.54, 1.807) is 10.6 Å². The maximum absolute atomic E-state index is 5.95. The average Bonchev–Trinajstić information content (AvgIpc) is 2.57. The normalized spacial score (nSPS) is 10.4. The van der Waals surface area contributed by atoms with E-state index in [0.29, 0.717) is 23.3 Å². The molecule has 2 rings (SSSR count). The second-order valence-corrected chi connectivity index (χ2v) is 3.83. The number of hydrogen-bond donors (Lipinski definition) is 1. The summed E-state index contributed by atoms with van der Waals surface area (Å²) in [5, 5.41) is 0.589. The predicted octanol–water partition coefficient (Wildman–Crippen LogP) is 2.23. The molecular formula is C11H12ClN3O. The highest BCUT2D eigenvalue weighted by atomic mass is 35.5. The van der Waals surface area contributed by atoms with Gasteiger partial charge in [-0.05, 0) is 12.1 Å². The molecule has 0 saturated heterocycles. The first kappa shape index (κ1) is 10.8. The standard InChI is InChI=1S/C11H12ClN3O/c1-15-6-8(14-11(15)13)7-16-10-5-3-2-4-9(10)12/h2-6H,7H2,1H3,(H2,13,14). The van der Waals surface area contributed by atoms with Crippen molar-refractivity contribution in [3.63, 3.8) is 0 Å². The van der Waals surface area contributed by atoms with Gasteiger partial charge < -0.3 is 15.0 Å². The molecular weight excluding hydrogens is 226 g/mol. The smallest absolute Gasteiger partial charge is 0.200 e. The summed E-state index contributed by atoms with van der Waals surface area (Å²) < 4.78 is 7.27. The van der Waals surface area contributed by atoms with Gasteiger partial charge in [-0.15, -0.1) is 0 Å². The van der Waals surface area contributed by atoms with Crippen molar-refractivity contribution in [2.75, 3.05) is 5.73 Å². The van der Waals surface area contributed by atoms with E-state index in [1.807, 2.05) is 31.4 Å². The van der Waals surface area contributed by atoms with E-state index in [2.05, 4.69) is 4.98 Å². The molecule has 2 N–H and O–H groups in total. The molecule has 5 heteroatoms. The number of aryl methyl sites for hydroxylation is 1. The minimum absolute atomic E-state index is 0.356. The summed E-state index contributed by atoms with van der Waals surface area (Å²) in [7, 11) is 1.83. The number of nitrogen functional groups attached to an aromatic ring is 1. The van der Waals surface area contributed by atoms with Gasteiger partial charge >= 0.3 is 0 Å². The minimum atomic E-state index is 0.356. The Hall–Kier alpha value is -1.68. The summed E-state index contributed by atoms with van der Waals surface area (Å²) in [6.45, 7) is 0.356. The third-order valence-corrected chi connectivity index (χ3v) is 2.49. The van der Waals surface area contributed by atoms with Crippen LogP contribution in [0.5, 0.6) is 5.75 Å². The van der Waals surface area contributed by atoms with Crippen LogP contribution in [0.15, 0.2) is 30.5 Å². The van der Waals surface area contributed by atoms with Crippen molar-refractivity contribution in [3.05, 3.63) is 41.2 Å². The number of anilines is 1. The molecule has 0 bridgehead atoms. The van der Waals surface area contributed by atoms with Gasteiger partial charge in [0.2, 0.25) is 0 Å². The van der Waals surface area contributed by atoms with Crippen molar-refractivity contribution in [1.82, 2.24) is 9.55 Å². The Labute approximate surface area is 98.6 Å². The molecule has 0 amide bonds. The van der Waals surface area contributed by atoms with Crippen molar-refractivity contribution >= 4 is 17.5 Å². The number of nitrogens with zero attached hydrogens (tertiary/aromatic N) is 2. The fraction of sp³-hybridized carbons (Fsp3) is 0.182. The number of imidazole rings is 1. The summed E-state index contributed by atoms with van der Waals surface area (Å²) in [6, 6.07) is 7.32. The number of ether oxygens (including phenoxy) is 1. The van der Waals surface area contributed by atoms with Crippen molar-refractivity contribution in [2.24, 2.45) is 7.05 Å². The zero-order valence-corrected chi connectivity index (χ0v) is 9.61. The van der Waals surface area contributed by atoms with Crippen molar-refractivity contribution < 1.29 is 4.74 Å². The second kappa shape index (κ2) is 4.45. The van der Waals surface area contributed by atoms with E-state index < -0.39 is 0 Å². The van der Waals surface area contributed by atoms with Gasteiger partial charge in [-0.3, -0.25) is 0 Å². The molecule has 84 valence electrons. The number of para-hydroxylation sites is 1. The second-order valence-electron chi connectivity index (χ2n) is 3.42. The summed E-state index contributed by atoms with van der Waals surface area (Å²) >= 11 is 5.95. The minimum Gasteiger partial charge on any atom is -0.486 e. The molecule has 0 spiro atoms. The van der Waals surface area contributed by atoms with Crippen molar-refractivity contribution in [3.8, 4) is 5.75 Å². The van der Waals surface area contributed by atoms with Gasteiger partial charge in [-0.25, -0.2) is 4.98 Å². The van der Waals surface area contributed by atoms with E-state index in [4.69, 9.17) is 22.1 Å². The van der Waals surface area contributed by atoms with Crippen molar-refractivity contribution in [1.29, 1.82) is 0 Å². The highest BCUT2D eigenvalue weighted by Gasteiger charge is 2.04. The van der Waals surface area contributed by atoms with E-state index >= 15 is 0 Å². The van der Waals surface area contributed by atoms with Crippen LogP contribution in [0.4, 0.5) is 5.95 Å². The molecule has 0 aliphatic carbocycles. The molecule has 0 unspecified atom stereocenters. The average molecular weight is 238 g/mol. The van der Waals surface area contributed by atoms with E-state index in [-0.39, 0.29) is 0 Å². The zero-order valence-electron chi connectivity index (χ0n) is 8.85. The van der Waals surface area contributed by atoms with Crippen LogP contribution < -0.4 is 10.5 Å². The zero-order chi connectivity index (χ0) is 11.5. The first-order valence-corrected chi connectivity index (χ1v) is 5.19. The summed E-state index contributed by atoms with van der Waals surface area (Å²) in [6.07, 6.45) is 1.83. The van der Waals surface area contributed by atoms with Gasteiger partial charge in [0.1, 0.15) is 12.4 Å². The first-order valence-electron chi connectivity index (χ1n) is 4.82. The lowest BCUT2D eigenvalue weighted by atomic mass is 10.3. The summed E-state index contributed by atoms with van der Waals surface area (Å²) in [5.41, 5.74) is 6.39. The van der Waals surface area contributed by atoms with Crippen LogP contribution in [0.1, 0.15) is 5.69 Å². The number of nitrogens with two attached hydrogens (primary N) is 1. The maximum atomic E-state index is 5.95. The lowest BCUT2D eigenvalue weighted by Gasteiger charge is -2.05. The van der Waals surface area contributed by atoms with Gasteiger partial charge in [0.05, 0.1) is 10.7 Å². The fourth-order valence-electron chi connectivity index (χ4n) is 1.33. The number of hydrogen-bond acceptors (Lipinski definition) is 3. The highest BCUT2D eigenvalue weighted by molar-refractivity contribution is 6.32. The Morgan fingerprint density at radius 2 is 2.19 bits per heavy atom. The number of aromatic nitrogens is 2. The molecule has 0 atom stereocenters. The first-order chi connectivity index (χ1) is 7.66. The molecule has 16 heavy (non-hydrogen) atoms. The van der Waals surface area contributed by atoms with Gasteiger partial charge in [-0.2, -0.15) is 0 Å². The third kappa shape index (κ3) is 2.28. The molecule has 1 aromatic heterocycles. The lowest BCUT2D eigenvalue weighted by molar-refractivity contribution is 0.302. The fourth-order valence-corrected chi connectivity index (χ4v) is 1.52. The molecule has 4 nitrogen and oxygen atoms in total. The van der Waals surface area contributed by atoms with Gasteiger partial charge in [0, 0.05) is 13.2 Å². The SMILES string of the molecule is Cn1cc(COc2ccccc2Cl)nc1N. The monoisotopic (exact) mass is 237 g/mol. The van der Waals surface area contributed by atoms with Crippen LogP contribution in [-0.2, 0) is 13.7 Å². The van der Waals surface area contributed by atoms with Crippen LogP contribution in [0.25, 0.3) is 0 Å². The molecule has 0 fully saturated rings. The largest absolute Gasteiger partial charge is 0.486 e. The number of rotatable bonds is 3. The Morgan fingerprint density at radius 3 is 2.81 bits per heavy atom. The number of halogens is 1. The lowest BCUT2D eigenvalue weighted by Crippen LogP contribution is -1.96. The molecule has 1 heterocycles. The van der Waals surface area contributed by atoms with E-state index in [0.717, 1.165) is 5.69 Å². The van der Waals surface area contributed by atoms with Crippen LogP contribution in [0, 0.1) is 0 Å². The van der Waals surface area contributed by atoms with Crippen LogP contribution in [0.3, 0.4) is 0 Å². The Morgan fingerprint density at radius 1 is 1.44 bits per heavy atom. The topological polar surface area (TPSA) is 53.1 Å². The van der Waals surface area contributed by atoms with E-state index in [9.17, 15) is 0 Å². The van der Waals surface area contributed by atoms with Crippen LogP contribution in [-0.4, -0.2) is 9.55 Å². The van der Waals surface area contributed by atoms with Gasteiger partial charge in [0.15, 0.2) is 5.95 Å². The Balaban J connectivity index is 2.05. The van der Waals surface area contributed by atoms with Crippen LogP contribution >= 0.6 is 11.6 Å². The molecule has 2 aromatic rings. The van der Waals surface area contributed by atoms with Gasteiger partial charge in [-0.1, -0.05) is 23.7 Å². The number of benzene rings is 1. The quantitative estimate of drug-likeness (QED) is 0.891. The Kier molecular flexibility index (Phi) is 3.01. The highest BCUT2D eigenvalue weighted by Crippen LogP contribution is 2.23. The summed E-state index contributed by atoms with van der Waals surface area (Å²) in [4.78, 5) is 4.13. The molecule has 0 saturated carbocycles.